The summed E-state index contributed by atoms with van der Waals surface area (Å²) in [4.78, 5) is 26.6. The van der Waals surface area contributed by atoms with E-state index in [4.69, 9.17) is 4.74 Å². The summed E-state index contributed by atoms with van der Waals surface area (Å²) in [6.45, 7) is 0.343. The van der Waals surface area contributed by atoms with E-state index in [1.54, 1.807) is 4.90 Å². The van der Waals surface area contributed by atoms with Crippen LogP contribution < -0.4 is 4.74 Å². The van der Waals surface area contributed by atoms with Crippen LogP contribution in [-0.2, 0) is 16.0 Å². The number of amides is 1. The molecule has 0 spiro atoms. The van der Waals surface area contributed by atoms with Gasteiger partial charge in [-0.1, -0.05) is 31.0 Å². The van der Waals surface area contributed by atoms with E-state index in [-0.39, 0.29) is 17.9 Å². The summed E-state index contributed by atoms with van der Waals surface area (Å²) in [5, 5.41) is 9.61. The van der Waals surface area contributed by atoms with Gasteiger partial charge in [0.2, 0.25) is 5.91 Å². The molecule has 1 amide bonds. The number of carbonyl (C=O) groups is 2. The van der Waals surface area contributed by atoms with Crippen LogP contribution in [0.1, 0.15) is 37.7 Å². The summed E-state index contributed by atoms with van der Waals surface area (Å²) >= 11 is 0. The average molecular weight is 329 g/mol. The standard InChI is InChI=1S/C19H23NO4/c21-18(14-9-13-6-2-4-8-17(13)24-11-14)20-15-7-3-1-5-12(15)10-16(20)19(22)23/h2,4,6,8,12,14-16H,1,3,5,7,9-11H2,(H,22,23). The number of carboxylic acid groups (broad SMARTS) is 1. The van der Waals surface area contributed by atoms with Gasteiger partial charge in [0, 0.05) is 6.04 Å². The van der Waals surface area contributed by atoms with Crippen molar-refractivity contribution in [2.75, 3.05) is 6.61 Å². The molecule has 4 unspecified atom stereocenters. The van der Waals surface area contributed by atoms with Gasteiger partial charge in [-0.3, -0.25) is 4.79 Å². The molecule has 2 fully saturated rings. The Hall–Kier alpha value is -2.04. The maximum absolute atomic E-state index is 13.2. The maximum atomic E-state index is 13.2. The van der Waals surface area contributed by atoms with Crippen molar-refractivity contribution in [1.82, 2.24) is 4.90 Å². The quantitative estimate of drug-likeness (QED) is 0.905. The number of benzene rings is 1. The van der Waals surface area contributed by atoms with E-state index in [1.807, 2.05) is 24.3 Å². The normalized spacial score (nSPS) is 31.8. The molecule has 1 saturated heterocycles. The van der Waals surface area contributed by atoms with Gasteiger partial charge in [0.25, 0.3) is 0 Å². The Morgan fingerprint density at radius 3 is 2.79 bits per heavy atom. The van der Waals surface area contributed by atoms with Gasteiger partial charge in [0.05, 0.1) is 5.92 Å². The Morgan fingerprint density at radius 1 is 1.17 bits per heavy atom. The number of nitrogens with zero attached hydrogens (tertiary/aromatic N) is 1. The van der Waals surface area contributed by atoms with Crippen molar-refractivity contribution in [1.29, 1.82) is 0 Å². The van der Waals surface area contributed by atoms with E-state index in [0.29, 0.717) is 25.4 Å². The summed E-state index contributed by atoms with van der Waals surface area (Å²) in [6.07, 6.45) is 5.45. The molecule has 24 heavy (non-hydrogen) atoms. The Balaban J connectivity index is 1.57. The summed E-state index contributed by atoms with van der Waals surface area (Å²) in [7, 11) is 0. The second-order valence-electron chi connectivity index (χ2n) is 7.27. The van der Waals surface area contributed by atoms with E-state index >= 15 is 0 Å². The fraction of sp³-hybridized carbons (Fsp3) is 0.579. The third-order valence-electron chi connectivity index (χ3n) is 5.86. The summed E-state index contributed by atoms with van der Waals surface area (Å²) in [5.74, 6) is 0.0116. The topological polar surface area (TPSA) is 66.8 Å². The van der Waals surface area contributed by atoms with Crippen molar-refractivity contribution in [2.45, 2.75) is 50.6 Å². The van der Waals surface area contributed by atoms with Crippen LogP contribution in [0.5, 0.6) is 5.75 Å². The molecule has 0 bridgehead atoms. The maximum Gasteiger partial charge on any atom is 0.326 e. The van der Waals surface area contributed by atoms with E-state index in [9.17, 15) is 14.7 Å². The van der Waals surface area contributed by atoms with E-state index in [2.05, 4.69) is 0 Å². The number of hydrogen-bond donors (Lipinski definition) is 1. The Morgan fingerprint density at radius 2 is 1.96 bits per heavy atom. The number of carboxylic acids is 1. The minimum atomic E-state index is -0.866. The number of likely N-dealkylation sites (tertiary alicyclic amines) is 1. The molecular formula is C19H23NO4. The van der Waals surface area contributed by atoms with E-state index in [1.165, 1.54) is 0 Å². The molecule has 0 aromatic heterocycles. The average Bonchev–Trinajstić information content (AvgIpc) is 3.00. The van der Waals surface area contributed by atoms with Crippen molar-refractivity contribution in [3.8, 4) is 5.75 Å². The van der Waals surface area contributed by atoms with Crippen LogP contribution in [0.15, 0.2) is 24.3 Å². The molecule has 5 heteroatoms. The highest BCUT2D eigenvalue weighted by molar-refractivity contribution is 5.86. The molecule has 4 atom stereocenters. The van der Waals surface area contributed by atoms with Gasteiger partial charge in [-0.05, 0) is 43.2 Å². The molecule has 5 nitrogen and oxygen atoms in total. The number of aliphatic carboxylic acids is 1. The van der Waals surface area contributed by atoms with Crippen LogP contribution in [0.2, 0.25) is 0 Å². The zero-order valence-electron chi connectivity index (χ0n) is 13.7. The van der Waals surface area contributed by atoms with Crippen molar-refractivity contribution in [2.24, 2.45) is 11.8 Å². The second-order valence-corrected chi connectivity index (χ2v) is 7.27. The van der Waals surface area contributed by atoms with Crippen LogP contribution in [-0.4, -0.2) is 40.6 Å². The first-order chi connectivity index (χ1) is 11.6. The fourth-order valence-corrected chi connectivity index (χ4v) is 4.69. The van der Waals surface area contributed by atoms with Gasteiger partial charge in [0.15, 0.2) is 0 Å². The molecule has 1 aromatic rings. The zero-order chi connectivity index (χ0) is 16.7. The Labute approximate surface area is 141 Å². The number of ether oxygens (including phenoxy) is 1. The van der Waals surface area contributed by atoms with Gasteiger partial charge >= 0.3 is 5.97 Å². The number of hydrogen-bond acceptors (Lipinski definition) is 3. The molecule has 1 N–H and O–H groups in total. The lowest BCUT2D eigenvalue weighted by atomic mass is 9.84. The highest BCUT2D eigenvalue weighted by Gasteiger charge is 2.49. The second kappa shape index (κ2) is 6.11. The first-order valence-electron chi connectivity index (χ1n) is 8.91. The number of fused-ring (bicyclic) bond motifs is 2. The lowest BCUT2D eigenvalue weighted by molar-refractivity contribution is -0.152. The Kier molecular flexibility index (Phi) is 3.94. The number of rotatable bonds is 2. The predicted octanol–water partition coefficient (Wildman–Crippen LogP) is 2.48. The number of para-hydroxylation sites is 1. The molecule has 3 aliphatic rings. The lowest BCUT2D eigenvalue weighted by Gasteiger charge is -2.36. The highest BCUT2D eigenvalue weighted by Crippen LogP contribution is 2.41. The SMILES string of the molecule is O=C(O)C1CC2CCCCC2N1C(=O)C1COc2ccccc2C1. The molecule has 2 heterocycles. The first-order valence-corrected chi connectivity index (χ1v) is 8.91. The zero-order valence-corrected chi connectivity index (χ0v) is 13.7. The summed E-state index contributed by atoms with van der Waals surface area (Å²) in [5.41, 5.74) is 1.04. The largest absolute Gasteiger partial charge is 0.492 e. The molecule has 1 saturated carbocycles. The molecule has 0 radical (unpaired) electrons. The van der Waals surface area contributed by atoms with Crippen molar-refractivity contribution < 1.29 is 19.4 Å². The Bertz CT molecular complexity index is 659. The first kappa shape index (κ1) is 15.5. The minimum Gasteiger partial charge on any atom is -0.492 e. The van der Waals surface area contributed by atoms with E-state index < -0.39 is 12.0 Å². The molecule has 2 aliphatic heterocycles. The highest BCUT2D eigenvalue weighted by atomic mass is 16.5. The van der Waals surface area contributed by atoms with Gasteiger partial charge in [-0.25, -0.2) is 4.79 Å². The fourth-order valence-electron chi connectivity index (χ4n) is 4.69. The number of carbonyl (C=O) groups excluding carboxylic acids is 1. The van der Waals surface area contributed by atoms with Crippen molar-refractivity contribution in [3.05, 3.63) is 29.8 Å². The van der Waals surface area contributed by atoms with Gasteiger partial charge in [-0.15, -0.1) is 0 Å². The predicted molar refractivity (Wildman–Crippen MR) is 87.8 cm³/mol. The van der Waals surface area contributed by atoms with Gasteiger partial charge < -0.3 is 14.7 Å². The lowest BCUT2D eigenvalue weighted by Crippen LogP contribution is -2.50. The minimum absolute atomic E-state index is 0.0358. The van der Waals surface area contributed by atoms with Crippen LogP contribution in [0.3, 0.4) is 0 Å². The third-order valence-corrected chi connectivity index (χ3v) is 5.86. The van der Waals surface area contributed by atoms with Gasteiger partial charge in [0.1, 0.15) is 18.4 Å². The van der Waals surface area contributed by atoms with Crippen LogP contribution in [0, 0.1) is 11.8 Å². The summed E-state index contributed by atoms with van der Waals surface area (Å²) in [6, 6.07) is 7.21. The van der Waals surface area contributed by atoms with Crippen LogP contribution in [0.4, 0.5) is 0 Å². The smallest absolute Gasteiger partial charge is 0.326 e. The monoisotopic (exact) mass is 329 g/mol. The van der Waals surface area contributed by atoms with E-state index in [0.717, 1.165) is 37.0 Å². The van der Waals surface area contributed by atoms with Gasteiger partial charge in [-0.2, -0.15) is 0 Å². The molecule has 1 aliphatic carbocycles. The van der Waals surface area contributed by atoms with Crippen molar-refractivity contribution in [3.63, 3.8) is 0 Å². The van der Waals surface area contributed by atoms with Crippen LogP contribution >= 0.6 is 0 Å². The van der Waals surface area contributed by atoms with Crippen LogP contribution in [0.25, 0.3) is 0 Å². The third kappa shape index (κ3) is 2.56. The molecule has 1 aromatic carbocycles. The molecule has 128 valence electrons. The molecular weight excluding hydrogens is 306 g/mol. The summed E-state index contributed by atoms with van der Waals surface area (Å²) < 4.78 is 5.75. The van der Waals surface area contributed by atoms with Crippen molar-refractivity contribution >= 4 is 11.9 Å². The molecule has 4 rings (SSSR count).